The van der Waals surface area contributed by atoms with Crippen molar-refractivity contribution >= 4 is 58.4 Å². The van der Waals surface area contributed by atoms with Gasteiger partial charge in [0.1, 0.15) is 0 Å². The summed E-state index contributed by atoms with van der Waals surface area (Å²) in [7, 11) is -2.66. The van der Waals surface area contributed by atoms with E-state index in [9.17, 15) is 0 Å². The summed E-state index contributed by atoms with van der Waals surface area (Å²) in [4.78, 5) is 0. The Bertz CT molecular complexity index is 406. The van der Waals surface area contributed by atoms with Crippen molar-refractivity contribution in [3.8, 4) is 0 Å². The van der Waals surface area contributed by atoms with Crippen molar-refractivity contribution in [1.29, 1.82) is 0 Å². The van der Waals surface area contributed by atoms with E-state index in [0.29, 0.717) is 0 Å². The van der Waals surface area contributed by atoms with Crippen LogP contribution in [0.2, 0.25) is 39.3 Å². The van der Waals surface area contributed by atoms with Crippen LogP contribution in [0.15, 0.2) is 8.95 Å². The normalized spacial score (nSPS) is 13.0. The third-order valence-electron chi connectivity index (χ3n) is 3.44. The molecule has 0 aliphatic rings. The lowest BCUT2D eigenvalue weighted by Crippen LogP contribution is -2.47. The highest BCUT2D eigenvalue weighted by Crippen LogP contribution is 2.28. The van der Waals surface area contributed by atoms with Gasteiger partial charge in [0.15, 0.2) is 0 Å². The molecule has 0 fully saturated rings. The zero-order valence-corrected chi connectivity index (χ0v) is 17.9. The third kappa shape index (κ3) is 3.02. The molecule has 1 rings (SSSR count). The highest BCUT2D eigenvalue weighted by atomic mass is 79.9. The van der Waals surface area contributed by atoms with Gasteiger partial charge in [-0.1, -0.05) is 39.3 Å². The molecule has 0 unspecified atom stereocenters. The molecule has 102 valence electrons. The minimum atomic E-state index is -1.33. The van der Waals surface area contributed by atoms with Gasteiger partial charge in [-0.05, 0) is 67.2 Å². The lowest BCUT2D eigenvalue weighted by Gasteiger charge is -2.30. The van der Waals surface area contributed by atoms with E-state index in [2.05, 4.69) is 85.0 Å². The molecule has 0 bridgehead atoms. The maximum atomic E-state index is 3.85. The van der Waals surface area contributed by atoms with Crippen LogP contribution in [0.3, 0.4) is 0 Å². The van der Waals surface area contributed by atoms with Crippen LogP contribution in [0.1, 0.15) is 11.1 Å². The van der Waals surface area contributed by atoms with Crippen molar-refractivity contribution in [3.05, 3.63) is 20.1 Å². The summed E-state index contributed by atoms with van der Waals surface area (Å²) in [6, 6.07) is 0. The van der Waals surface area contributed by atoms with Crippen LogP contribution >= 0.6 is 31.9 Å². The maximum absolute atomic E-state index is 3.85. The molecular formula is C14H24Br2Si2. The second kappa shape index (κ2) is 5.19. The van der Waals surface area contributed by atoms with Crippen molar-refractivity contribution in [3.63, 3.8) is 0 Å². The van der Waals surface area contributed by atoms with Crippen molar-refractivity contribution in [2.24, 2.45) is 0 Å². The highest BCUT2D eigenvalue weighted by molar-refractivity contribution is 9.13. The lowest BCUT2D eigenvalue weighted by atomic mass is 10.1. The minimum absolute atomic E-state index is 1.31. The van der Waals surface area contributed by atoms with E-state index >= 15 is 0 Å². The molecule has 0 heterocycles. The quantitative estimate of drug-likeness (QED) is 0.610. The van der Waals surface area contributed by atoms with Crippen molar-refractivity contribution in [2.75, 3.05) is 0 Å². The molecule has 0 nitrogen and oxygen atoms in total. The van der Waals surface area contributed by atoms with Gasteiger partial charge in [0.05, 0.1) is 16.1 Å². The van der Waals surface area contributed by atoms with Gasteiger partial charge >= 0.3 is 0 Å². The van der Waals surface area contributed by atoms with Crippen LogP contribution in [0.4, 0.5) is 0 Å². The van der Waals surface area contributed by atoms with Gasteiger partial charge in [0.25, 0.3) is 0 Å². The van der Waals surface area contributed by atoms with Gasteiger partial charge in [-0.2, -0.15) is 0 Å². The van der Waals surface area contributed by atoms with Gasteiger partial charge < -0.3 is 0 Å². The Morgan fingerprint density at radius 1 is 0.611 bits per heavy atom. The molecule has 0 N–H and O–H groups in total. The standard InChI is InChI=1S/C14H24Br2Si2/c1-9-10(2)14(18(6,7)8)12(16)11(15)13(9)17(3,4)5/h1-8H3. The fourth-order valence-electron chi connectivity index (χ4n) is 2.71. The number of halogens is 2. The van der Waals surface area contributed by atoms with E-state index in [-0.39, 0.29) is 0 Å². The van der Waals surface area contributed by atoms with Crippen LogP contribution in [0, 0.1) is 13.8 Å². The Morgan fingerprint density at radius 3 is 1.00 bits per heavy atom. The summed E-state index contributed by atoms with van der Waals surface area (Å²) < 4.78 is 2.62. The Kier molecular flexibility index (Phi) is 4.80. The molecule has 1 aromatic rings. The van der Waals surface area contributed by atoms with Crippen molar-refractivity contribution in [2.45, 2.75) is 53.1 Å². The average molecular weight is 408 g/mol. The first kappa shape index (κ1) is 16.7. The molecule has 0 amide bonds. The van der Waals surface area contributed by atoms with Crippen LogP contribution in [0.25, 0.3) is 0 Å². The fourth-order valence-corrected chi connectivity index (χ4v) is 11.8. The lowest BCUT2D eigenvalue weighted by molar-refractivity contribution is 1.35. The smallest absolute Gasteiger partial charge is 0.0656 e. The first-order chi connectivity index (χ1) is 7.89. The monoisotopic (exact) mass is 406 g/mol. The Hall–Kier alpha value is 0.614. The highest BCUT2D eigenvalue weighted by Gasteiger charge is 2.30. The molecule has 0 saturated heterocycles. The SMILES string of the molecule is Cc1c(C)c([Si](C)(C)C)c(Br)c(Br)c1[Si](C)(C)C. The van der Waals surface area contributed by atoms with E-state index in [1.54, 1.807) is 10.4 Å². The van der Waals surface area contributed by atoms with Gasteiger partial charge in [-0.15, -0.1) is 0 Å². The van der Waals surface area contributed by atoms with Crippen LogP contribution in [0.5, 0.6) is 0 Å². The molecule has 0 atom stereocenters. The number of hydrogen-bond donors (Lipinski definition) is 0. The predicted molar refractivity (Wildman–Crippen MR) is 97.3 cm³/mol. The first-order valence-corrected chi connectivity index (χ1v) is 15.0. The van der Waals surface area contributed by atoms with Gasteiger partial charge in [0, 0.05) is 8.95 Å². The number of hydrogen-bond acceptors (Lipinski definition) is 0. The van der Waals surface area contributed by atoms with E-state index in [4.69, 9.17) is 0 Å². The van der Waals surface area contributed by atoms with E-state index in [1.165, 1.54) is 20.1 Å². The Balaban J connectivity index is 3.79. The molecule has 0 spiro atoms. The number of rotatable bonds is 2. The molecule has 1 aromatic carbocycles. The molecule has 18 heavy (non-hydrogen) atoms. The predicted octanol–water partition coefficient (Wildman–Crippen LogP) is 4.92. The van der Waals surface area contributed by atoms with Crippen LogP contribution in [-0.4, -0.2) is 16.1 Å². The van der Waals surface area contributed by atoms with Crippen molar-refractivity contribution in [1.82, 2.24) is 0 Å². The molecule has 4 heteroatoms. The summed E-state index contributed by atoms with van der Waals surface area (Å²) in [5.74, 6) is 0. The van der Waals surface area contributed by atoms with Crippen LogP contribution < -0.4 is 10.4 Å². The Labute approximate surface area is 131 Å². The second-order valence-electron chi connectivity index (χ2n) is 7.13. The van der Waals surface area contributed by atoms with E-state index in [1.807, 2.05) is 0 Å². The summed E-state index contributed by atoms with van der Waals surface area (Å²) in [5.41, 5.74) is 3.00. The maximum Gasteiger partial charge on any atom is 0.0794 e. The largest absolute Gasteiger partial charge is 0.0794 e. The van der Waals surface area contributed by atoms with Crippen LogP contribution in [-0.2, 0) is 0 Å². The topological polar surface area (TPSA) is 0 Å². The number of benzene rings is 1. The zero-order chi connectivity index (χ0) is 14.5. The summed E-state index contributed by atoms with van der Waals surface area (Å²) >= 11 is 7.71. The summed E-state index contributed by atoms with van der Waals surface area (Å²) in [6.45, 7) is 19.1. The van der Waals surface area contributed by atoms with Crippen molar-refractivity contribution < 1.29 is 0 Å². The summed E-state index contributed by atoms with van der Waals surface area (Å²) in [6.07, 6.45) is 0. The second-order valence-corrected chi connectivity index (χ2v) is 18.7. The average Bonchev–Trinajstić information content (AvgIpc) is 2.10. The third-order valence-corrected chi connectivity index (χ3v) is 10.5. The minimum Gasteiger partial charge on any atom is -0.0656 e. The Morgan fingerprint density at radius 2 is 0.833 bits per heavy atom. The summed E-state index contributed by atoms with van der Waals surface area (Å²) in [5, 5.41) is 3.13. The first-order valence-electron chi connectivity index (χ1n) is 6.38. The fraction of sp³-hybridized carbons (Fsp3) is 0.571. The van der Waals surface area contributed by atoms with E-state index in [0.717, 1.165) is 0 Å². The zero-order valence-electron chi connectivity index (χ0n) is 12.8. The molecule has 0 radical (unpaired) electrons. The molecule has 0 aromatic heterocycles. The molecular weight excluding hydrogens is 384 g/mol. The van der Waals surface area contributed by atoms with Gasteiger partial charge in [-0.25, -0.2) is 0 Å². The molecule has 0 aliphatic carbocycles. The molecule has 0 saturated carbocycles. The van der Waals surface area contributed by atoms with Gasteiger partial charge in [0.2, 0.25) is 0 Å². The molecule has 0 aliphatic heterocycles. The van der Waals surface area contributed by atoms with E-state index < -0.39 is 16.1 Å². The van der Waals surface area contributed by atoms with Gasteiger partial charge in [-0.3, -0.25) is 0 Å².